The number of fused-ring (bicyclic) bond motifs is 1. The fraction of sp³-hybridized carbons (Fsp3) is 0.500. The van der Waals surface area contributed by atoms with E-state index in [0.29, 0.717) is 28.9 Å². The Labute approximate surface area is 172 Å². The number of thiazole rings is 1. The van der Waals surface area contributed by atoms with E-state index < -0.39 is 0 Å². The Morgan fingerprint density at radius 3 is 2.86 bits per heavy atom. The van der Waals surface area contributed by atoms with Crippen molar-refractivity contribution in [3.05, 3.63) is 22.9 Å². The van der Waals surface area contributed by atoms with Gasteiger partial charge in [-0.3, -0.25) is 9.59 Å². The Morgan fingerprint density at radius 2 is 2.21 bits per heavy atom. The number of carbonyl (C=O) groups is 2. The molecule has 2 N–H and O–H groups in total. The molecule has 0 saturated heterocycles. The van der Waals surface area contributed by atoms with Crippen molar-refractivity contribution in [3.8, 4) is 16.5 Å². The first kappa shape index (κ1) is 19.8. The Morgan fingerprint density at radius 1 is 1.45 bits per heavy atom. The van der Waals surface area contributed by atoms with Crippen LogP contribution in [0.15, 0.2) is 6.07 Å². The summed E-state index contributed by atoms with van der Waals surface area (Å²) in [5.74, 6) is 0.559. The van der Waals surface area contributed by atoms with Crippen LogP contribution in [0.3, 0.4) is 0 Å². The number of aryl methyl sites for hydroxylation is 1. The van der Waals surface area contributed by atoms with Gasteiger partial charge in [-0.25, -0.2) is 9.97 Å². The molecule has 154 valence electrons. The number of carbonyl (C=O) groups excluding carboxylic acids is 2. The van der Waals surface area contributed by atoms with Gasteiger partial charge in [-0.05, 0) is 44.2 Å². The van der Waals surface area contributed by atoms with Gasteiger partial charge in [0.25, 0.3) is 5.91 Å². The molecule has 0 spiro atoms. The number of nitrogens with zero attached hydrogens (tertiary/aromatic N) is 3. The highest BCUT2D eigenvalue weighted by Crippen LogP contribution is 2.41. The van der Waals surface area contributed by atoms with Crippen molar-refractivity contribution in [1.82, 2.24) is 14.9 Å². The van der Waals surface area contributed by atoms with Crippen LogP contribution in [0.1, 0.15) is 48.3 Å². The van der Waals surface area contributed by atoms with E-state index in [1.54, 1.807) is 0 Å². The van der Waals surface area contributed by atoms with Gasteiger partial charge in [0.2, 0.25) is 11.8 Å². The average Bonchev–Trinajstić information content (AvgIpc) is 3.38. The van der Waals surface area contributed by atoms with Gasteiger partial charge in [-0.1, -0.05) is 11.3 Å². The number of aliphatic hydroxyl groups excluding tert-OH is 1. The molecule has 1 saturated carbocycles. The van der Waals surface area contributed by atoms with E-state index in [-0.39, 0.29) is 36.9 Å². The van der Waals surface area contributed by atoms with E-state index in [0.717, 1.165) is 29.0 Å². The number of hydrogen-bond donors (Lipinski definition) is 2. The molecule has 4 rings (SSSR count). The second-order valence-electron chi connectivity index (χ2n) is 7.54. The maximum Gasteiger partial charge on any atom is 0.260 e. The summed E-state index contributed by atoms with van der Waals surface area (Å²) in [6.45, 7) is 5.81. The third kappa shape index (κ3) is 3.84. The number of ether oxygens (including phenoxy) is 1. The molecule has 1 aliphatic carbocycles. The zero-order valence-electron chi connectivity index (χ0n) is 16.7. The summed E-state index contributed by atoms with van der Waals surface area (Å²) in [4.78, 5) is 36.1. The molecule has 2 aliphatic rings. The number of nitrogens with one attached hydrogen (secondary N) is 1. The first-order valence-corrected chi connectivity index (χ1v) is 10.5. The van der Waals surface area contributed by atoms with Gasteiger partial charge in [0.05, 0.1) is 22.9 Å². The standard InChI is InChI=1S/C20H24N4O4S/c1-10-17(29-20(21-10)22-12(3)26)15-8-14-9-24(11(2)13-4-5-13)19(27)16(14)18(23-15)28-7-6-25/h8,11,13,25H,4-7,9H2,1-3H3,(H,21,22,26)/t11-/m0/s1. The number of amides is 2. The van der Waals surface area contributed by atoms with Gasteiger partial charge in [0.15, 0.2) is 5.13 Å². The molecule has 0 radical (unpaired) electrons. The lowest BCUT2D eigenvalue weighted by molar-refractivity contribution is -0.114. The van der Waals surface area contributed by atoms with Crippen LogP contribution in [0.5, 0.6) is 5.88 Å². The maximum absolute atomic E-state index is 13.1. The van der Waals surface area contributed by atoms with Crippen molar-refractivity contribution in [1.29, 1.82) is 0 Å². The molecule has 0 bridgehead atoms. The largest absolute Gasteiger partial charge is 0.475 e. The zero-order chi connectivity index (χ0) is 20.7. The minimum absolute atomic E-state index is 0.0627. The Hall–Kier alpha value is -2.52. The lowest BCUT2D eigenvalue weighted by Gasteiger charge is -2.23. The minimum Gasteiger partial charge on any atom is -0.475 e. The van der Waals surface area contributed by atoms with Crippen molar-refractivity contribution in [3.63, 3.8) is 0 Å². The van der Waals surface area contributed by atoms with Crippen LogP contribution < -0.4 is 10.1 Å². The topological polar surface area (TPSA) is 105 Å². The zero-order valence-corrected chi connectivity index (χ0v) is 17.5. The van der Waals surface area contributed by atoms with E-state index in [9.17, 15) is 14.7 Å². The molecule has 9 heteroatoms. The Kier molecular flexibility index (Phi) is 5.26. The predicted molar refractivity (Wildman–Crippen MR) is 109 cm³/mol. The molecule has 8 nitrogen and oxygen atoms in total. The molecule has 29 heavy (non-hydrogen) atoms. The van der Waals surface area contributed by atoms with E-state index in [4.69, 9.17) is 4.74 Å². The molecule has 2 aromatic heterocycles. The molecule has 3 heterocycles. The average molecular weight is 417 g/mol. The van der Waals surface area contributed by atoms with Gasteiger partial charge in [0.1, 0.15) is 12.2 Å². The number of pyridine rings is 1. The van der Waals surface area contributed by atoms with E-state index in [1.165, 1.54) is 18.3 Å². The number of anilines is 1. The lowest BCUT2D eigenvalue weighted by Crippen LogP contribution is -2.34. The number of hydrogen-bond acceptors (Lipinski definition) is 7. The van der Waals surface area contributed by atoms with Gasteiger partial charge >= 0.3 is 0 Å². The molecular weight excluding hydrogens is 392 g/mol. The van der Waals surface area contributed by atoms with Crippen LogP contribution in [0.4, 0.5) is 5.13 Å². The summed E-state index contributed by atoms with van der Waals surface area (Å²) < 4.78 is 5.65. The van der Waals surface area contributed by atoms with Crippen molar-refractivity contribution in [2.75, 3.05) is 18.5 Å². The first-order valence-electron chi connectivity index (χ1n) is 9.73. The number of rotatable bonds is 7. The molecule has 2 aromatic rings. The summed E-state index contributed by atoms with van der Waals surface area (Å²) in [5, 5.41) is 12.4. The summed E-state index contributed by atoms with van der Waals surface area (Å²) >= 11 is 1.33. The number of aliphatic hydroxyl groups is 1. The predicted octanol–water partition coefficient (Wildman–Crippen LogP) is 2.60. The summed E-state index contributed by atoms with van der Waals surface area (Å²) in [7, 11) is 0. The van der Waals surface area contributed by atoms with Crippen molar-refractivity contribution >= 4 is 28.3 Å². The second-order valence-corrected chi connectivity index (χ2v) is 8.54. The summed E-state index contributed by atoms with van der Waals surface area (Å²) in [6, 6.07) is 2.09. The van der Waals surface area contributed by atoms with Crippen molar-refractivity contribution in [2.24, 2.45) is 5.92 Å². The summed E-state index contributed by atoms with van der Waals surface area (Å²) in [6.07, 6.45) is 2.31. The minimum atomic E-state index is -0.186. The lowest BCUT2D eigenvalue weighted by atomic mass is 10.1. The van der Waals surface area contributed by atoms with Gasteiger partial charge in [0, 0.05) is 19.5 Å². The van der Waals surface area contributed by atoms with Crippen LogP contribution in [-0.4, -0.2) is 51.0 Å². The van der Waals surface area contributed by atoms with Crippen molar-refractivity contribution < 1.29 is 19.4 Å². The maximum atomic E-state index is 13.1. The van der Waals surface area contributed by atoms with E-state index in [1.807, 2.05) is 17.9 Å². The second kappa shape index (κ2) is 7.72. The van der Waals surface area contributed by atoms with Crippen LogP contribution >= 0.6 is 11.3 Å². The third-order valence-electron chi connectivity index (χ3n) is 5.32. The van der Waals surface area contributed by atoms with E-state index >= 15 is 0 Å². The van der Waals surface area contributed by atoms with Crippen molar-refractivity contribution in [2.45, 2.75) is 46.2 Å². The highest BCUT2D eigenvalue weighted by molar-refractivity contribution is 7.19. The molecule has 1 aliphatic heterocycles. The normalized spacial score (nSPS) is 16.7. The highest BCUT2D eigenvalue weighted by atomic mass is 32.1. The van der Waals surface area contributed by atoms with E-state index in [2.05, 4.69) is 22.2 Å². The molecule has 1 atom stereocenters. The quantitative estimate of drug-likeness (QED) is 0.719. The first-order chi connectivity index (χ1) is 13.9. The molecule has 0 aromatic carbocycles. The smallest absolute Gasteiger partial charge is 0.260 e. The number of aromatic nitrogens is 2. The molecule has 2 amide bonds. The van der Waals surface area contributed by atoms with Gasteiger partial charge < -0.3 is 20.1 Å². The third-order valence-corrected chi connectivity index (χ3v) is 6.42. The highest BCUT2D eigenvalue weighted by Gasteiger charge is 2.40. The fourth-order valence-electron chi connectivity index (χ4n) is 3.69. The Bertz CT molecular complexity index is 970. The summed E-state index contributed by atoms with van der Waals surface area (Å²) in [5.41, 5.74) is 2.75. The molecule has 1 fully saturated rings. The van der Waals surface area contributed by atoms with Crippen LogP contribution in [0.25, 0.3) is 10.6 Å². The Balaban J connectivity index is 1.73. The van der Waals surface area contributed by atoms with Crippen LogP contribution in [0.2, 0.25) is 0 Å². The monoisotopic (exact) mass is 416 g/mol. The molecule has 0 unspecified atom stereocenters. The molecular formula is C20H24N4O4S. The SMILES string of the molecule is CC(=O)Nc1nc(C)c(-c2cc3c(c(OCCO)n2)C(=O)N([C@@H](C)C2CC2)C3)s1. The van der Waals surface area contributed by atoms with Gasteiger partial charge in [-0.15, -0.1) is 0 Å². The van der Waals surface area contributed by atoms with Crippen LogP contribution in [0, 0.1) is 12.8 Å². The van der Waals surface area contributed by atoms with Crippen LogP contribution in [-0.2, 0) is 11.3 Å². The fourth-order valence-corrected chi connectivity index (χ4v) is 4.66. The van der Waals surface area contributed by atoms with Gasteiger partial charge in [-0.2, -0.15) is 0 Å².